The lowest BCUT2D eigenvalue weighted by Crippen LogP contribution is -2.61. The molecule has 11 nitrogen and oxygen atoms in total. The van der Waals surface area contributed by atoms with Gasteiger partial charge in [0.05, 0.1) is 18.7 Å². The molecule has 5 N–H and O–H groups in total. The zero-order valence-corrected chi connectivity index (χ0v) is 29.0. The Morgan fingerprint density at radius 3 is 2.11 bits per heavy atom. The van der Waals surface area contributed by atoms with Crippen LogP contribution in [0.3, 0.4) is 0 Å². The van der Waals surface area contributed by atoms with Crippen molar-refractivity contribution in [1.29, 1.82) is 0 Å². The maximum absolute atomic E-state index is 14.7. The molecule has 0 bridgehead atoms. The Morgan fingerprint density at radius 2 is 1.60 bits per heavy atom. The van der Waals surface area contributed by atoms with Crippen LogP contribution in [-0.2, 0) is 36.8 Å². The molecule has 1 aliphatic heterocycles. The molecule has 0 radical (unpaired) electrons. The van der Waals surface area contributed by atoms with E-state index < -0.39 is 41.8 Å². The molecule has 260 valence electrons. The first-order valence-electron chi connectivity index (χ1n) is 17.3. The molecule has 11 heteroatoms. The number of urea groups is 1. The number of carbonyl (C=O) groups excluding carboxylic acids is 5. The van der Waals surface area contributed by atoms with Crippen LogP contribution in [0.5, 0.6) is 0 Å². The molecule has 1 aromatic rings. The third kappa shape index (κ3) is 9.12. The van der Waals surface area contributed by atoms with E-state index in [0.29, 0.717) is 45.3 Å². The van der Waals surface area contributed by atoms with Crippen molar-refractivity contribution in [3.63, 3.8) is 0 Å². The number of methoxy groups -OCH3 is 1. The fourth-order valence-electron chi connectivity index (χ4n) is 7.44. The average molecular weight is 654 g/mol. The maximum atomic E-state index is 14.7. The van der Waals surface area contributed by atoms with Crippen LogP contribution in [0.15, 0.2) is 24.3 Å². The van der Waals surface area contributed by atoms with Crippen LogP contribution < -0.4 is 21.7 Å². The number of nitrogens with one attached hydrogen (secondary N) is 3. The highest BCUT2D eigenvalue weighted by Gasteiger charge is 2.47. The summed E-state index contributed by atoms with van der Waals surface area (Å²) in [6.45, 7) is 10.8. The molecular weight excluding hydrogens is 598 g/mol. The van der Waals surface area contributed by atoms with Gasteiger partial charge in [-0.05, 0) is 72.3 Å². The fourth-order valence-corrected chi connectivity index (χ4v) is 7.44. The number of hydrogen-bond acceptors (Lipinski definition) is 6. The van der Waals surface area contributed by atoms with Crippen LogP contribution in [0.25, 0.3) is 0 Å². The molecule has 5 atom stereocenters. The van der Waals surface area contributed by atoms with Crippen LogP contribution >= 0.6 is 0 Å². The number of nitrogens with zero attached hydrogens (tertiary/aromatic N) is 1. The molecular formula is C36H55N5O6. The molecule has 0 spiro atoms. The van der Waals surface area contributed by atoms with Gasteiger partial charge in [0.15, 0.2) is 0 Å². The van der Waals surface area contributed by atoms with Crippen molar-refractivity contribution in [2.45, 2.75) is 110 Å². The number of hydrogen-bond donors (Lipinski definition) is 4. The summed E-state index contributed by atoms with van der Waals surface area (Å²) in [7, 11) is 1.58. The van der Waals surface area contributed by atoms with Crippen molar-refractivity contribution in [3.8, 4) is 0 Å². The van der Waals surface area contributed by atoms with Gasteiger partial charge in [0.1, 0.15) is 12.1 Å². The Bertz CT molecular complexity index is 1280. The standard InChI is InChI=1S/C36H55N5O6/c1-21(2)16-25-14-15-41(30(25)33(44)38-27(31(42)32(37)43)17-22-10-9-11-22)34(45)29(26-18-23-12-7-8-13-24(23)19-26)40-35(46)39-28(20-47-6)36(3,4)5/h7-8,12-13,21-22,25-30H,9-11,14-20H2,1-6H3,(H2,37,43)(H,38,44)(H2,39,40,46)/t25-,27?,28?,29?,30?/m1/s1. The fraction of sp³-hybridized carbons (Fsp3) is 0.694. The van der Waals surface area contributed by atoms with E-state index in [1.54, 1.807) is 12.0 Å². The van der Waals surface area contributed by atoms with E-state index in [4.69, 9.17) is 10.5 Å². The van der Waals surface area contributed by atoms with E-state index in [-0.39, 0.29) is 41.0 Å². The van der Waals surface area contributed by atoms with Gasteiger partial charge in [0.2, 0.25) is 17.6 Å². The van der Waals surface area contributed by atoms with Crippen molar-refractivity contribution in [1.82, 2.24) is 20.9 Å². The summed E-state index contributed by atoms with van der Waals surface area (Å²) >= 11 is 0. The van der Waals surface area contributed by atoms with E-state index in [9.17, 15) is 24.0 Å². The molecule has 0 aromatic heterocycles. The molecule has 1 saturated heterocycles. The number of fused-ring (bicyclic) bond motifs is 1. The van der Waals surface area contributed by atoms with Crippen LogP contribution in [-0.4, -0.2) is 78.9 Å². The lowest BCUT2D eigenvalue weighted by atomic mass is 9.80. The third-order valence-corrected chi connectivity index (χ3v) is 10.3. The lowest BCUT2D eigenvalue weighted by molar-refractivity contribution is -0.143. The molecule has 1 aromatic carbocycles. The minimum atomic E-state index is -1.08. The van der Waals surface area contributed by atoms with E-state index in [0.717, 1.165) is 30.4 Å². The van der Waals surface area contributed by atoms with E-state index in [2.05, 4.69) is 29.8 Å². The summed E-state index contributed by atoms with van der Waals surface area (Å²) in [6, 6.07) is 4.51. The molecule has 2 aliphatic carbocycles. The molecule has 47 heavy (non-hydrogen) atoms. The highest BCUT2D eigenvalue weighted by atomic mass is 16.5. The summed E-state index contributed by atoms with van der Waals surface area (Å²) in [5.74, 6) is -2.51. The number of primary amides is 1. The Kier molecular flexibility index (Phi) is 12.1. The maximum Gasteiger partial charge on any atom is 0.315 e. The first-order chi connectivity index (χ1) is 22.2. The highest BCUT2D eigenvalue weighted by molar-refractivity contribution is 6.37. The van der Waals surface area contributed by atoms with Crippen molar-refractivity contribution in [2.75, 3.05) is 20.3 Å². The number of benzene rings is 1. The normalized spacial score (nSPS) is 21.8. The summed E-state index contributed by atoms with van der Waals surface area (Å²) < 4.78 is 5.37. The lowest BCUT2D eigenvalue weighted by Gasteiger charge is -2.35. The number of ether oxygens (including phenoxy) is 1. The summed E-state index contributed by atoms with van der Waals surface area (Å²) in [4.78, 5) is 68.7. The predicted molar refractivity (Wildman–Crippen MR) is 179 cm³/mol. The molecule has 4 rings (SSSR count). The SMILES string of the molecule is COCC(NC(=O)NC(C(=O)N1CC[C@H](CC(C)C)C1C(=O)NC(CC1CCC1)C(=O)C(N)=O)C1Cc2ccccc2C1)C(C)(C)C. The molecule has 4 unspecified atom stereocenters. The number of carbonyl (C=O) groups is 5. The molecule has 2 fully saturated rings. The topological polar surface area (TPSA) is 160 Å². The van der Waals surface area contributed by atoms with Gasteiger partial charge < -0.3 is 31.3 Å². The van der Waals surface area contributed by atoms with Gasteiger partial charge >= 0.3 is 6.03 Å². The first-order valence-corrected chi connectivity index (χ1v) is 17.3. The zero-order chi connectivity index (χ0) is 34.5. The van der Waals surface area contributed by atoms with Crippen LogP contribution in [0.2, 0.25) is 0 Å². The van der Waals surface area contributed by atoms with Crippen LogP contribution in [0.4, 0.5) is 4.79 Å². The van der Waals surface area contributed by atoms with Crippen molar-refractivity contribution >= 4 is 29.5 Å². The smallest absolute Gasteiger partial charge is 0.315 e. The second-order valence-electron chi connectivity index (χ2n) is 15.4. The highest BCUT2D eigenvalue weighted by Crippen LogP contribution is 2.35. The minimum absolute atomic E-state index is 0.144. The number of amides is 5. The number of rotatable bonds is 14. The second kappa shape index (κ2) is 15.6. The van der Waals surface area contributed by atoms with Gasteiger partial charge in [-0.15, -0.1) is 0 Å². The van der Waals surface area contributed by atoms with Gasteiger partial charge in [-0.1, -0.05) is 78.1 Å². The average Bonchev–Trinajstić information content (AvgIpc) is 3.59. The second-order valence-corrected chi connectivity index (χ2v) is 15.4. The van der Waals surface area contributed by atoms with Crippen LogP contribution in [0, 0.1) is 29.1 Å². The Hall–Kier alpha value is -3.47. The number of nitrogens with two attached hydrogens (primary N) is 1. The predicted octanol–water partition coefficient (Wildman–Crippen LogP) is 3.12. The number of likely N-dealkylation sites (tertiary alicyclic amines) is 1. The number of Topliss-reactive ketones (excluding diaryl/α,β-unsaturated/α-hetero) is 1. The summed E-state index contributed by atoms with van der Waals surface area (Å²) in [5, 5.41) is 8.89. The summed E-state index contributed by atoms with van der Waals surface area (Å²) in [5.41, 5.74) is 7.37. The number of ketones is 1. The Balaban J connectivity index is 1.61. The third-order valence-electron chi connectivity index (χ3n) is 10.3. The van der Waals surface area contributed by atoms with Gasteiger partial charge in [0.25, 0.3) is 5.91 Å². The quantitative estimate of drug-likeness (QED) is 0.226. The summed E-state index contributed by atoms with van der Waals surface area (Å²) in [6.07, 6.45) is 5.81. The monoisotopic (exact) mass is 653 g/mol. The van der Waals surface area contributed by atoms with E-state index in [1.165, 1.54) is 0 Å². The van der Waals surface area contributed by atoms with Gasteiger partial charge in [-0.3, -0.25) is 19.2 Å². The van der Waals surface area contributed by atoms with Gasteiger partial charge in [-0.25, -0.2) is 4.79 Å². The first kappa shape index (κ1) is 36.4. The zero-order valence-electron chi connectivity index (χ0n) is 29.0. The van der Waals surface area contributed by atoms with Gasteiger partial charge in [0, 0.05) is 13.7 Å². The van der Waals surface area contributed by atoms with E-state index >= 15 is 0 Å². The Morgan fingerprint density at radius 1 is 0.957 bits per heavy atom. The minimum Gasteiger partial charge on any atom is -0.383 e. The largest absolute Gasteiger partial charge is 0.383 e. The van der Waals surface area contributed by atoms with Crippen LogP contribution in [0.1, 0.15) is 84.3 Å². The Labute approximate surface area is 279 Å². The molecule has 5 amide bonds. The van der Waals surface area contributed by atoms with Crippen molar-refractivity contribution < 1.29 is 28.7 Å². The van der Waals surface area contributed by atoms with Gasteiger partial charge in [-0.2, -0.15) is 0 Å². The molecule has 1 heterocycles. The molecule has 1 saturated carbocycles. The van der Waals surface area contributed by atoms with Crippen molar-refractivity contribution in [3.05, 3.63) is 35.4 Å². The van der Waals surface area contributed by atoms with E-state index in [1.807, 2.05) is 45.0 Å². The van der Waals surface area contributed by atoms with Crippen molar-refractivity contribution in [2.24, 2.45) is 34.8 Å². The molecule has 3 aliphatic rings.